The number of sulfone groups is 1. The molecule has 4 heteroatoms. The largest absolute Gasteiger partial charge is 0.303 e. The van der Waals surface area contributed by atoms with Crippen molar-refractivity contribution in [2.75, 3.05) is 25.9 Å². The van der Waals surface area contributed by atoms with Crippen LogP contribution >= 0.6 is 0 Å². The van der Waals surface area contributed by atoms with Gasteiger partial charge in [-0.15, -0.1) is 0 Å². The van der Waals surface area contributed by atoms with E-state index in [9.17, 15) is 8.42 Å². The van der Waals surface area contributed by atoms with Gasteiger partial charge in [0.15, 0.2) is 9.84 Å². The van der Waals surface area contributed by atoms with Crippen LogP contribution in [-0.2, 0) is 9.84 Å². The first-order chi connectivity index (χ1) is 9.31. The van der Waals surface area contributed by atoms with E-state index in [0.29, 0.717) is 10.8 Å². The van der Waals surface area contributed by atoms with E-state index in [1.54, 1.807) is 0 Å². The molecule has 0 atom stereocenters. The highest BCUT2D eigenvalue weighted by Crippen LogP contribution is 2.31. The van der Waals surface area contributed by atoms with E-state index in [0.717, 1.165) is 43.6 Å². The minimum absolute atomic E-state index is 0.318. The van der Waals surface area contributed by atoms with Crippen LogP contribution in [0.3, 0.4) is 0 Å². The molecule has 3 nitrogen and oxygen atoms in total. The molecule has 114 valence electrons. The summed E-state index contributed by atoms with van der Waals surface area (Å²) in [7, 11) is -3.23. The molecule has 0 aromatic rings. The summed E-state index contributed by atoms with van der Waals surface area (Å²) in [6.45, 7) is 15.1. The van der Waals surface area contributed by atoms with Crippen LogP contribution in [0.15, 0.2) is 35.3 Å². The first-order valence-corrected chi connectivity index (χ1v) is 9.15. The maximum Gasteiger partial charge on any atom is 0.175 e. The third-order valence-corrected chi connectivity index (χ3v) is 5.33. The Morgan fingerprint density at radius 1 is 1.35 bits per heavy atom. The zero-order valence-corrected chi connectivity index (χ0v) is 13.8. The van der Waals surface area contributed by atoms with Crippen LogP contribution in [0.4, 0.5) is 0 Å². The number of likely N-dealkylation sites (tertiary alicyclic amines) is 1. The first-order valence-electron chi connectivity index (χ1n) is 7.26. The van der Waals surface area contributed by atoms with Crippen LogP contribution < -0.4 is 0 Å². The summed E-state index contributed by atoms with van der Waals surface area (Å²) in [5.74, 6) is 0.389. The van der Waals surface area contributed by atoms with Gasteiger partial charge in [-0.3, -0.25) is 0 Å². The van der Waals surface area contributed by atoms with E-state index < -0.39 is 9.84 Å². The molecule has 0 bridgehead atoms. The fourth-order valence-electron chi connectivity index (χ4n) is 2.87. The van der Waals surface area contributed by atoms with Gasteiger partial charge in [-0.25, -0.2) is 8.42 Å². The third kappa shape index (κ3) is 4.32. The summed E-state index contributed by atoms with van der Waals surface area (Å²) in [5, 5.41) is 0. The second-order valence-electron chi connectivity index (χ2n) is 5.61. The van der Waals surface area contributed by atoms with Gasteiger partial charge in [0.25, 0.3) is 0 Å². The first kappa shape index (κ1) is 17.2. The Morgan fingerprint density at radius 3 is 2.30 bits per heavy atom. The summed E-state index contributed by atoms with van der Waals surface area (Å²) in [6.07, 6.45) is 5.96. The Hall–Kier alpha value is -0.870. The van der Waals surface area contributed by atoms with Crippen molar-refractivity contribution in [2.45, 2.75) is 33.1 Å². The molecule has 0 saturated carbocycles. The number of hydrogen-bond donors (Lipinski definition) is 0. The van der Waals surface area contributed by atoms with Crippen molar-refractivity contribution in [3.8, 4) is 0 Å². The predicted molar refractivity (Wildman–Crippen MR) is 86.3 cm³/mol. The molecule has 1 fully saturated rings. The van der Waals surface area contributed by atoms with Gasteiger partial charge in [0.05, 0.1) is 4.91 Å². The lowest BCUT2D eigenvalue weighted by Gasteiger charge is -2.33. The fraction of sp³-hybridized carbons (Fsp3) is 0.625. The van der Waals surface area contributed by atoms with Crippen molar-refractivity contribution in [3.05, 3.63) is 35.3 Å². The maximum absolute atomic E-state index is 11.7. The topological polar surface area (TPSA) is 37.4 Å². The molecule has 20 heavy (non-hydrogen) atoms. The summed E-state index contributed by atoms with van der Waals surface area (Å²) in [4.78, 5) is 2.78. The monoisotopic (exact) mass is 297 g/mol. The lowest BCUT2D eigenvalue weighted by atomic mass is 9.86. The highest BCUT2D eigenvalue weighted by atomic mass is 32.2. The van der Waals surface area contributed by atoms with E-state index in [4.69, 9.17) is 0 Å². The second-order valence-corrected chi connectivity index (χ2v) is 7.59. The minimum atomic E-state index is -3.23. The van der Waals surface area contributed by atoms with E-state index in [1.807, 2.05) is 6.92 Å². The predicted octanol–water partition coefficient (Wildman–Crippen LogP) is 3.17. The average Bonchev–Trinajstić information content (AvgIpc) is 2.38. The van der Waals surface area contributed by atoms with Crippen LogP contribution in [0.2, 0.25) is 0 Å². The molecule has 0 N–H and O–H groups in total. The summed E-state index contributed by atoms with van der Waals surface area (Å²) in [5.41, 5.74) is 1.73. The standard InChI is InChI=1S/C16H27NO2S/c1-6-10-17-11-8-15(9-12-17)13(3)14(4)16(7-2)20(5,18)19/h7,15H,2-3,6,8-12H2,1,4-5H3/b16-14+. The van der Waals surface area contributed by atoms with E-state index in [1.165, 1.54) is 18.8 Å². The molecule has 1 saturated heterocycles. The van der Waals surface area contributed by atoms with Gasteiger partial charge in [0, 0.05) is 6.26 Å². The van der Waals surface area contributed by atoms with Crippen molar-refractivity contribution in [2.24, 2.45) is 5.92 Å². The van der Waals surface area contributed by atoms with Crippen LogP contribution in [0, 0.1) is 5.92 Å². The van der Waals surface area contributed by atoms with Crippen LogP contribution in [-0.4, -0.2) is 39.2 Å². The Morgan fingerprint density at radius 2 is 1.90 bits per heavy atom. The van der Waals surface area contributed by atoms with Crippen molar-refractivity contribution < 1.29 is 8.42 Å². The fourth-order valence-corrected chi connectivity index (χ4v) is 3.86. The lowest BCUT2D eigenvalue weighted by molar-refractivity contribution is 0.200. The summed E-state index contributed by atoms with van der Waals surface area (Å²) in [6, 6.07) is 0. The Bertz CT molecular complexity index is 495. The lowest BCUT2D eigenvalue weighted by Crippen LogP contribution is -2.34. The van der Waals surface area contributed by atoms with Crippen LogP contribution in [0.1, 0.15) is 33.1 Å². The van der Waals surface area contributed by atoms with Crippen molar-refractivity contribution in [1.29, 1.82) is 0 Å². The normalized spacial score (nSPS) is 19.6. The van der Waals surface area contributed by atoms with E-state index in [2.05, 4.69) is 25.0 Å². The Labute approximate surface area is 124 Å². The molecule has 0 aliphatic carbocycles. The molecule has 1 aliphatic heterocycles. The third-order valence-electron chi connectivity index (χ3n) is 4.06. The smallest absolute Gasteiger partial charge is 0.175 e. The SMILES string of the molecule is C=C/C(=C(/C)C(=C)C1CCN(CCC)CC1)S(C)(=O)=O. The van der Waals surface area contributed by atoms with Crippen LogP contribution in [0.25, 0.3) is 0 Å². The number of hydrogen-bond acceptors (Lipinski definition) is 3. The molecular weight excluding hydrogens is 270 g/mol. The molecule has 1 rings (SSSR count). The van der Waals surface area contributed by atoms with Gasteiger partial charge in [-0.2, -0.15) is 0 Å². The average molecular weight is 297 g/mol. The highest BCUT2D eigenvalue weighted by Gasteiger charge is 2.23. The van der Waals surface area contributed by atoms with Gasteiger partial charge in [0.1, 0.15) is 0 Å². The molecule has 1 aliphatic rings. The maximum atomic E-state index is 11.7. The zero-order valence-electron chi connectivity index (χ0n) is 13.0. The summed E-state index contributed by atoms with van der Waals surface area (Å²) < 4.78 is 23.5. The molecule has 0 radical (unpaired) electrons. The number of nitrogens with zero attached hydrogens (tertiary/aromatic N) is 1. The number of rotatable bonds is 6. The van der Waals surface area contributed by atoms with Gasteiger partial charge in [-0.05, 0) is 62.9 Å². The Kier molecular flexibility index (Phi) is 6.21. The number of piperidine rings is 1. The van der Waals surface area contributed by atoms with Crippen molar-refractivity contribution in [3.63, 3.8) is 0 Å². The van der Waals surface area contributed by atoms with Crippen molar-refractivity contribution in [1.82, 2.24) is 4.90 Å². The van der Waals surface area contributed by atoms with Crippen LogP contribution in [0.5, 0.6) is 0 Å². The molecule has 0 unspecified atom stereocenters. The van der Waals surface area contributed by atoms with Crippen molar-refractivity contribution >= 4 is 9.84 Å². The Balaban J connectivity index is 2.81. The molecule has 0 aromatic carbocycles. The highest BCUT2D eigenvalue weighted by molar-refractivity contribution is 7.94. The van der Waals surface area contributed by atoms with E-state index >= 15 is 0 Å². The molecule has 0 amide bonds. The zero-order chi connectivity index (χ0) is 15.3. The minimum Gasteiger partial charge on any atom is -0.303 e. The molecule has 0 spiro atoms. The van der Waals surface area contributed by atoms with Gasteiger partial charge in [0.2, 0.25) is 0 Å². The molecule has 1 heterocycles. The number of allylic oxidation sites excluding steroid dienone is 3. The quantitative estimate of drug-likeness (QED) is 0.707. The molecular formula is C16H27NO2S. The van der Waals surface area contributed by atoms with Gasteiger partial charge >= 0.3 is 0 Å². The molecule has 0 aromatic heterocycles. The van der Waals surface area contributed by atoms with E-state index in [-0.39, 0.29) is 0 Å². The second kappa shape index (κ2) is 7.23. The van der Waals surface area contributed by atoms with Gasteiger partial charge in [-0.1, -0.05) is 26.2 Å². The summed E-state index contributed by atoms with van der Waals surface area (Å²) >= 11 is 0. The van der Waals surface area contributed by atoms with Gasteiger partial charge < -0.3 is 4.90 Å².